The summed E-state index contributed by atoms with van der Waals surface area (Å²) in [5.41, 5.74) is 2.36. The number of hydrogen-bond donors (Lipinski definition) is 1. The van der Waals surface area contributed by atoms with Crippen LogP contribution in [-0.4, -0.2) is 52.6 Å². The van der Waals surface area contributed by atoms with E-state index in [1.165, 1.54) is 5.56 Å². The number of benzene rings is 1. The molecule has 1 N–H and O–H groups in total. The average molecular weight is 387 g/mol. The number of nitrogens with one attached hydrogen (secondary N) is 1. The van der Waals surface area contributed by atoms with Crippen molar-refractivity contribution in [1.29, 1.82) is 0 Å². The number of piperazine rings is 1. The van der Waals surface area contributed by atoms with Crippen molar-refractivity contribution in [2.45, 2.75) is 6.54 Å². The molecule has 29 heavy (non-hydrogen) atoms. The third kappa shape index (κ3) is 5.62. The van der Waals surface area contributed by atoms with Crippen molar-refractivity contribution in [3.63, 3.8) is 0 Å². The molecule has 0 unspecified atom stereocenters. The van der Waals surface area contributed by atoms with Gasteiger partial charge in [-0.2, -0.15) is 4.98 Å². The van der Waals surface area contributed by atoms with Gasteiger partial charge in [0.25, 0.3) is 0 Å². The zero-order valence-corrected chi connectivity index (χ0v) is 16.5. The quantitative estimate of drug-likeness (QED) is 0.672. The molecule has 1 fully saturated rings. The van der Waals surface area contributed by atoms with Crippen molar-refractivity contribution in [3.05, 3.63) is 84.3 Å². The third-order valence-electron chi connectivity index (χ3n) is 4.98. The van der Waals surface area contributed by atoms with E-state index < -0.39 is 0 Å². The van der Waals surface area contributed by atoms with Crippen LogP contribution in [0.25, 0.3) is 6.08 Å². The number of anilines is 2. The molecule has 1 aliphatic heterocycles. The van der Waals surface area contributed by atoms with E-state index in [0.717, 1.165) is 44.1 Å². The van der Waals surface area contributed by atoms with Gasteiger partial charge in [0.1, 0.15) is 5.82 Å². The highest BCUT2D eigenvalue weighted by Crippen LogP contribution is 2.15. The summed E-state index contributed by atoms with van der Waals surface area (Å²) in [4.78, 5) is 18.0. The lowest BCUT2D eigenvalue weighted by Crippen LogP contribution is -2.46. The predicted octanol–water partition coefficient (Wildman–Crippen LogP) is 3.32. The Morgan fingerprint density at radius 3 is 2.59 bits per heavy atom. The second-order valence-corrected chi connectivity index (χ2v) is 7.05. The molecule has 0 amide bonds. The van der Waals surface area contributed by atoms with Gasteiger partial charge in [0.2, 0.25) is 5.95 Å². The van der Waals surface area contributed by atoms with Gasteiger partial charge in [-0.15, -0.1) is 0 Å². The lowest BCUT2D eigenvalue weighted by atomic mass is 10.2. The number of nitrogens with zero attached hydrogens (tertiary/aromatic N) is 5. The molecule has 2 aromatic heterocycles. The van der Waals surface area contributed by atoms with E-state index >= 15 is 0 Å². The van der Waals surface area contributed by atoms with E-state index in [4.69, 9.17) is 0 Å². The fourth-order valence-electron chi connectivity index (χ4n) is 3.36. The maximum Gasteiger partial charge on any atom is 0.224 e. The fraction of sp³-hybridized carbons (Fsp3) is 0.261. The molecule has 0 bridgehead atoms. The zero-order chi connectivity index (χ0) is 19.7. The molecule has 6 nitrogen and oxygen atoms in total. The van der Waals surface area contributed by atoms with Gasteiger partial charge < -0.3 is 10.2 Å². The van der Waals surface area contributed by atoms with Crippen LogP contribution in [-0.2, 0) is 6.54 Å². The molecule has 0 spiro atoms. The summed E-state index contributed by atoms with van der Waals surface area (Å²) in [6.07, 6.45) is 9.88. The molecular weight excluding hydrogens is 360 g/mol. The highest BCUT2D eigenvalue weighted by atomic mass is 15.3. The lowest BCUT2D eigenvalue weighted by Gasteiger charge is -2.34. The molecule has 0 saturated carbocycles. The molecular formula is C23H26N6. The SMILES string of the molecule is C(=C\c1ccccc1)/CN1CCN(c2ccnc(NCc3cccnc3)n2)CC1. The van der Waals surface area contributed by atoms with Gasteiger partial charge in [0.05, 0.1) is 0 Å². The topological polar surface area (TPSA) is 57.2 Å². The minimum Gasteiger partial charge on any atom is -0.354 e. The second kappa shape index (κ2) is 9.80. The highest BCUT2D eigenvalue weighted by molar-refractivity contribution is 5.49. The summed E-state index contributed by atoms with van der Waals surface area (Å²) in [6, 6.07) is 16.4. The van der Waals surface area contributed by atoms with Crippen LogP contribution in [0.15, 0.2) is 73.2 Å². The Kier molecular flexibility index (Phi) is 6.45. The maximum absolute atomic E-state index is 4.69. The number of pyridine rings is 1. The summed E-state index contributed by atoms with van der Waals surface area (Å²) in [7, 11) is 0. The van der Waals surface area contributed by atoms with Gasteiger partial charge >= 0.3 is 0 Å². The summed E-state index contributed by atoms with van der Waals surface area (Å²) in [6.45, 7) is 5.64. The van der Waals surface area contributed by atoms with Crippen molar-refractivity contribution in [1.82, 2.24) is 19.9 Å². The Balaban J connectivity index is 1.26. The molecule has 1 aromatic carbocycles. The van der Waals surface area contributed by atoms with Crippen molar-refractivity contribution < 1.29 is 0 Å². The number of rotatable bonds is 7. The number of aromatic nitrogens is 3. The molecule has 3 heterocycles. The minimum absolute atomic E-state index is 0.652. The molecule has 148 valence electrons. The first-order valence-electron chi connectivity index (χ1n) is 10.0. The molecule has 0 radical (unpaired) electrons. The average Bonchev–Trinajstić information content (AvgIpc) is 2.80. The van der Waals surface area contributed by atoms with E-state index in [0.29, 0.717) is 12.5 Å². The summed E-state index contributed by atoms with van der Waals surface area (Å²) < 4.78 is 0. The first kappa shape index (κ1) is 19.1. The molecule has 4 rings (SSSR count). The van der Waals surface area contributed by atoms with Crippen molar-refractivity contribution in [3.8, 4) is 0 Å². The fourth-order valence-corrected chi connectivity index (χ4v) is 3.36. The van der Waals surface area contributed by atoms with Crippen LogP contribution in [0.3, 0.4) is 0 Å². The molecule has 0 aliphatic carbocycles. The van der Waals surface area contributed by atoms with Crippen LogP contribution in [0, 0.1) is 0 Å². The van der Waals surface area contributed by atoms with Gasteiger partial charge in [0, 0.05) is 57.9 Å². The summed E-state index contributed by atoms with van der Waals surface area (Å²) in [5, 5.41) is 3.28. The second-order valence-electron chi connectivity index (χ2n) is 7.05. The van der Waals surface area contributed by atoms with Crippen molar-refractivity contribution >= 4 is 17.8 Å². The largest absolute Gasteiger partial charge is 0.354 e. The maximum atomic E-state index is 4.69. The Morgan fingerprint density at radius 1 is 0.931 bits per heavy atom. The van der Waals surface area contributed by atoms with Crippen LogP contribution in [0.4, 0.5) is 11.8 Å². The molecule has 6 heteroatoms. The monoisotopic (exact) mass is 386 g/mol. The molecule has 3 aromatic rings. The van der Waals surface area contributed by atoms with Gasteiger partial charge in [-0.1, -0.05) is 48.6 Å². The highest BCUT2D eigenvalue weighted by Gasteiger charge is 2.17. The first-order valence-corrected chi connectivity index (χ1v) is 10.0. The normalized spacial score (nSPS) is 15.0. The van der Waals surface area contributed by atoms with E-state index in [-0.39, 0.29) is 0 Å². The molecule has 1 aliphatic rings. The van der Waals surface area contributed by atoms with E-state index in [9.17, 15) is 0 Å². The number of hydrogen-bond acceptors (Lipinski definition) is 6. The molecule has 1 saturated heterocycles. The van der Waals surface area contributed by atoms with Gasteiger partial charge in [0.15, 0.2) is 0 Å². The van der Waals surface area contributed by atoms with Crippen molar-refractivity contribution in [2.24, 2.45) is 0 Å². The van der Waals surface area contributed by atoms with Crippen LogP contribution in [0.5, 0.6) is 0 Å². The van der Waals surface area contributed by atoms with E-state index in [1.807, 2.05) is 36.7 Å². The standard InChI is InChI=1S/C23H26N6/c1-2-6-20(7-3-1)9-5-13-28-14-16-29(17-15-28)22-10-12-25-23(27-22)26-19-21-8-4-11-24-18-21/h1-12,18H,13-17,19H2,(H,25,26,27)/b9-5+. The smallest absolute Gasteiger partial charge is 0.224 e. The Morgan fingerprint density at radius 2 is 1.79 bits per heavy atom. The molecule has 0 atom stereocenters. The Bertz CT molecular complexity index is 905. The van der Waals surface area contributed by atoms with Crippen LogP contribution >= 0.6 is 0 Å². The third-order valence-corrected chi connectivity index (χ3v) is 4.98. The first-order chi connectivity index (χ1) is 14.4. The van der Waals surface area contributed by atoms with Gasteiger partial charge in [-0.3, -0.25) is 9.88 Å². The van der Waals surface area contributed by atoms with Crippen molar-refractivity contribution in [2.75, 3.05) is 42.9 Å². The minimum atomic E-state index is 0.652. The van der Waals surface area contributed by atoms with Crippen LogP contribution in [0.1, 0.15) is 11.1 Å². The summed E-state index contributed by atoms with van der Waals surface area (Å²) in [5.74, 6) is 1.63. The van der Waals surface area contributed by atoms with Crippen LogP contribution < -0.4 is 10.2 Å². The summed E-state index contributed by atoms with van der Waals surface area (Å²) >= 11 is 0. The van der Waals surface area contributed by atoms with Crippen LogP contribution in [0.2, 0.25) is 0 Å². The lowest BCUT2D eigenvalue weighted by molar-refractivity contribution is 0.283. The predicted molar refractivity (Wildman–Crippen MR) is 118 cm³/mol. The van der Waals surface area contributed by atoms with Gasteiger partial charge in [-0.25, -0.2) is 4.98 Å². The van der Waals surface area contributed by atoms with E-state index in [1.54, 1.807) is 6.20 Å². The Labute approximate surface area is 171 Å². The van der Waals surface area contributed by atoms with Gasteiger partial charge in [-0.05, 0) is 23.3 Å². The van der Waals surface area contributed by atoms with E-state index in [2.05, 4.69) is 66.5 Å². The Hall–Kier alpha value is -3.25. The zero-order valence-electron chi connectivity index (χ0n) is 16.5.